The number of carbonyl (C=O) groups excluding carboxylic acids is 6. The third kappa shape index (κ3) is 24.4. The summed E-state index contributed by atoms with van der Waals surface area (Å²) in [6.45, 7) is 40.8. The van der Waals surface area contributed by atoms with Gasteiger partial charge in [-0.15, -0.1) is 0 Å². The number of aryl methyl sites for hydroxylation is 1. The van der Waals surface area contributed by atoms with E-state index in [-0.39, 0.29) is 109 Å². The zero-order valence-electron chi connectivity index (χ0n) is 79.2. The Morgan fingerprint density at radius 2 is 0.878 bits per heavy atom. The first kappa shape index (κ1) is 97.4. The number of ether oxygens (including phenoxy) is 9. The first-order valence-corrected chi connectivity index (χ1v) is 46.8. The summed E-state index contributed by atoms with van der Waals surface area (Å²) in [6.07, 6.45) is 21.0. The topological polar surface area (TPSA) is 422 Å². The molecule has 0 saturated carbocycles. The van der Waals surface area contributed by atoms with Crippen molar-refractivity contribution in [2.24, 2.45) is 46.8 Å². The number of pyridine rings is 1. The van der Waals surface area contributed by atoms with Gasteiger partial charge in [-0.1, -0.05) is 95.2 Å². The Hall–Kier alpha value is -11.1. The van der Waals surface area contributed by atoms with E-state index in [0.29, 0.717) is 138 Å². The molecule has 7 unspecified atom stereocenters. The van der Waals surface area contributed by atoms with Crippen molar-refractivity contribution in [1.82, 2.24) is 109 Å². The van der Waals surface area contributed by atoms with E-state index in [2.05, 4.69) is 184 Å². The van der Waals surface area contributed by atoms with Crippen LogP contribution in [0.2, 0.25) is 0 Å². The summed E-state index contributed by atoms with van der Waals surface area (Å²) >= 11 is 0. The molecule has 8 aromatic heterocycles. The highest BCUT2D eigenvalue weighted by Gasteiger charge is 2.44. The van der Waals surface area contributed by atoms with E-state index in [9.17, 15) is 28.8 Å². The van der Waals surface area contributed by atoms with Gasteiger partial charge >= 0.3 is 36.6 Å². The van der Waals surface area contributed by atoms with Crippen molar-refractivity contribution < 1.29 is 75.9 Å². The molecule has 716 valence electrons. The molecule has 4 saturated heterocycles. The molecule has 0 aromatic carbocycles. The molecule has 6 N–H and O–H groups in total. The molecular formula is C93H138N22O16. The zero-order valence-corrected chi connectivity index (χ0v) is 79.2. The molecule has 10 aliphatic heterocycles. The van der Waals surface area contributed by atoms with Crippen molar-refractivity contribution >= 4 is 36.6 Å². The van der Waals surface area contributed by atoms with E-state index >= 15 is 0 Å². The normalized spacial score (nSPS) is 22.4. The third-order valence-corrected chi connectivity index (χ3v) is 25.8. The van der Waals surface area contributed by atoms with Crippen molar-refractivity contribution in [2.45, 2.75) is 216 Å². The molecule has 131 heavy (non-hydrogen) atoms. The Kier molecular flexibility index (Phi) is 33.7. The van der Waals surface area contributed by atoms with Gasteiger partial charge in [0.25, 0.3) is 0 Å². The minimum absolute atomic E-state index is 0.00353. The fourth-order valence-electron chi connectivity index (χ4n) is 19.1. The van der Waals surface area contributed by atoms with E-state index in [1.54, 1.807) is 79.2 Å². The average Bonchev–Trinajstić information content (AvgIpc) is 1.75. The number of aromatic amines is 6. The van der Waals surface area contributed by atoms with Crippen LogP contribution in [0.25, 0.3) is 0 Å². The fourth-order valence-corrected chi connectivity index (χ4v) is 19.1. The Labute approximate surface area is 767 Å². The maximum absolute atomic E-state index is 12.6. The van der Waals surface area contributed by atoms with Crippen molar-refractivity contribution in [3.63, 3.8) is 0 Å². The number of hydrogen-bond donors (Lipinski definition) is 6. The third-order valence-electron chi connectivity index (χ3n) is 25.8. The number of nitrogens with one attached hydrogen (secondary N) is 6. The molecule has 38 nitrogen and oxygen atoms in total. The second kappa shape index (κ2) is 45.3. The van der Waals surface area contributed by atoms with Crippen LogP contribution in [0.5, 0.6) is 5.75 Å². The van der Waals surface area contributed by atoms with E-state index in [1.807, 2.05) is 25.7 Å². The van der Waals surface area contributed by atoms with Crippen molar-refractivity contribution in [3.8, 4) is 5.75 Å². The molecule has 6 amide bonds. The number of carbonyl (C=O) groups is 6. The highest BCUT2D eigenvalue weighted by atomic mass is 16.6. The van der Waals surface area contributed by atoms with Gasteiger partial charge in [0.1, 0.15) is 56.3 Å². The van der Waals surface area contributed by atoms with Crippen LogP contribution < -0.4 is 4.74 Å². The molecule has 0 aliphatic carbocycles. The largest absolute Gasteiger partial charge is 0.488 e. The van der Waals surface area contributed by atoms with Gasteiger partial charge in [-0.2, -0.15) is 0 Å². The minimum atomic E-state index is -0.340. The van der Waals surface area contributed by atoms with Crippen LogP contribution >= 0.6 is 0 Å². The monoisotopic (exact) mass is 1820 g/mol. The number of imidazole rings is 6. The first-order valence-electron chi connectivity index (χ1n) is 46.8. The van der Waals surface area contributed by atoms with E-state index < -0.39 is 0 Å². The Morgan fingerprint density at radius 3 is 1.22 bits per heavy atom. The lowest BCUT2D eigenvalue weighted by Crippen LogP contribution is -2.47. The highest BCUT2D eigenvalue weighted by Crippen LogP contribution is 2.41. The molecule has 8 aromatic rings. The Balaban J connectivity index is 0.000000134. The number of aromatic nitrogens is 14. The molecule has 4 fully saturated rings. The van der Waals surface area contributed by atoms with Crippen molar-refractivity contribution in [2.75, 3.05) is 132 Å². The minimum Gasteiger partial charge on any atom is -0.488 e. The second-order valence-electron chi connectivity index (χ2n) is 38.1. The number of likely N-dealkylation sites (tertiary alicyclic amines) is 2. The van der Waals surface area contributed by atoms with Gasteiger partial charge in [-0.25, -0.2) is 58.7 Å². The van der Waals surface area contributed by atoms with Gasteiger partial charge in [-0.3, -0.25) is 34.4 Å². The molecule has 0 spiro atoms. The first-order chi connectivity index (χ1) is 63.0. The summed E-state index contributed by atoms with van der Waals surface area (Å²) in [7, 11) is 4.15. The fraction of sp³-hybridized carbons (Fsp3) is 0.656. The molecular weight excluding hydrogens is 1680 g/mol. The van der Waals surface area contributed by atoms with Gasteiger partial charge in [0.15, 0.2) is 0 Å². The molecule has 38 heteroatoms. The lowest BCUT2D eigenvalue weighted by Gasteiger charge is -2.40. The summed E-state index contributed by atoms with van der Waals surface area (Å²) in [4.78, 5) is 140. The smallest absolute Gasteiger partial charge is 0.410 e. The number of H-pyrrole nitrogens is 6. The van der Waals surface area contributed by atoms with Crippen LogP contribution in [0.1, 0.15) is 232 Å². The lowest BCUT2D eigenvalue weighted by molar-refractivity contribution is -0.128. The molecule has 10 aliphatic rings. The van der Waals surface area contributed by atoms with Crippen molar-refractivity contribution in [3.05, 3.63) is 148 Å². The molecule has 18 rings (SSSR count). The number of fused-ring (bicyclic) bond motifs is 6. The van der Waals surface area contributed by atoms with E-state index in [4.69, 9.17) is 47.2 Å². The van der Waals surface area contributed by atoms with Crippen LogP contribution in [0, 0.1) is 53.8 Å². The number of hydrogen-bond acceptors (Lipinski definition) is 26. The van der Waals surface area contributed by atoms with Gasteiger partial charge in [0, 0.05) is 161 Å². The average molecular weight is 1820 g/mol. The quantitative estimate of drug-likeness (QED) is 0.0323. The van der Waals surface area contributed by atoms with E-state index in [0.717, 1.165) is 152 Å². The van der Waals surface area contributed by atoms with Gasteiger partial charge in [0.05, 0.1) is 141 Å². The SMILES string of the molecule is CC(C)C1c2nc[nH]c2CCN1C(=O)OCC1(C)COC1.CC(C)C1c2nc[nH]c2CCN1C(=O)OCC1CCOC1.CC(C)C1c2nc[nH]c2CCN1C(=O)OCCOc1cccnc1.CC(C)C1c2nc[nH]c2CCN1C(=O)OC[C@@H]1CCCN1C.CC(C)C1c2nc[nH]c2CCN1C(=O)O[C@@H]1CCN(C)C1.Cc1cc(COC(=O)N2CCc3[nH]cnc3C2C(C)C)no1. The maximum Gasteiger partial charge on any atom is 0.410 e. The maximum atomic E-state index is 12.6. The van der Waals surface area contributed by atoms with Crippen LogP contribution in [0.15, 0.2) is 73.1 Å². The summed E-state index contributed by atoms with van der Waals surface area (Å²) in [6, 6.07) is 5.59. The van der Waals surface area contributed by atoms with Gasteiger partial charge < -0.3 is 86.9 Å². The standard InChI is InChI=1S/C17H22N4O3.C16H26N4O2.C15H20N4O3.C15H24N4O2.2C15H23N3O3/c1-12(2)16-15-14(19-11-20-15)5-7-21(16)17(22)24-9-8-23-13-4-3-6-18-10-13;1-11(2)15-14-13(17-10-18-14)6-8-20(15)16(21)22-9-12-5-4-7-19(12)3;1-9(2)14-13-12(16-8-17-13)4-5-19(14)15(20)21-7-11-6-10(3)22-18-11;1-10(2)14-13-12(16-9-17-13)5-7-19(14)15(20)21-11-4-6-18(3)8-11;1-10(2)13-12-11(16-9-17-12)4-5-18(13)14(19)21-8-15(3)6-20-7-15;1-10(2)14-13-12(16-9-17-13)3-5-18(14)15(19)21-8-11-4-6-20-7-11/h3-4,6,10-12,16H,5,7-9H2,1-2H3,(H,19,20);10-12,15H,4-9H2,1-3H3,(H,17,18);6,8-9,14H,4-5,7H2,1-3H3,(H,16,17);9-11,14H,4-8H2,1-3H3,(H,16,17);9-10,13H,4-8H2,1-3H3,(H,16,17);9-11,14H,3-8H2,1-2H3,(H,16,17)/t;12-,15?;;11-,14?;;/m.0.1../s1. The lowest BCUT2D eigenvalue weighted by atomic mass is 9.90. The summed E-state index contributed by atoms with van der Waals surface area (Å²) in [5, 5.41) is 3.83. The summed E-state index contributed by atoms with van der Waals surface area (Å²) in [5.41, 5.74) is 13.2. The number of rotatable bonds is 19. The molecule has 0 bridgehead atoms. The van der Waals surface area contributed by atoms with Gasteiger partial charge in [0.2, 0.25) is 0 Å². The van der Waals surface area contributed by atoms with E-state index in [1.165, 1.54) is 6.42 Å². The second-order valence-corrected chi connectivity index (χ2v) is 38.1. The Morgan fingerprint density at radius 1 is 0.473 bits per heavy atom. The van der Waals surface area contributed by atoms with Crippen LogP contribution in [-0.4, -0.2) is 290 Å². The predicted octanol–water partition coefficient (Wildman–Crippen LogP) is 13.5. The number of nitrogens with zero attached hydrogens (tertiary/aromatic N) is 16. The van der Waals surface area contributed by atoms with Gasteiger partial charge in [-0.05, 0) is 101 Å². The van der Waals surface area contributed by atoms with Crippen LogP contribution in [-0.2, 0) is 83.0 Å². The number of amides is 6. The van der Waals surface area contributed by atoms with Crippen LogP contribution in [0.4, 0.5) is 28.8 Å². The molecule has 9 atom stereocenters. The summed E-state index contributed by atoms with van der Waals surface area (Å²) in [5.74, 6) is 3.43. The Bertz CT molecular complexity index is 4950. The predicted molar refractivity (Wildman–Crippen MR) is 482 cm³/mol. The van der Waals surface area contributed by atoms with Crippen molar-refractivity contribution in [1.29, 1.82) is 0 Å². The zero-order chi connectivity index (χ0) is 93.2. The number of likely N-dealkylation sites (N-methyl/N-ethyl adjacent to an activating group) is 2. The molecule has 0 radical (unpaired) electrons. The molecule has 18 heterocycles. The highest BCUT2D eigenvalue weighted by molar-refractivity contribution is 5.72. The summed E-state index contributed by atoms with van der Waals surface area (Å²) < 4.78 is 54.1. The van der Waals surface area contributed by atoms with Crippen LogP contribution in [0.3, 0.4) is 0 Å².